The lowest BCUT2D eigenvalue weighted by Crippen LogP contribution is -2.12. The van der Waals surface area contributed by atoms with Crippen molar-refractivity contribution in [1.82, 2.24) is 4.57 Å². The third-order valence-electron chi connectivity index (χ3n) is 8.78. The Morgan fingerprint density at radius 3 is 2.12 bits per heavy atom. The maximum atomic E-state index is 17.1. The normalized spacial score (nSPS) is 16.2. The molecule has 3 aliphatic rings. The first-order valence-electron chi connectivity index (χ1n) is 14.5. The lowest BCUT2D eigenvalue weighted by atomic mass is 9.85. The van der Waals surface area contributed by atoms with E-state index in [1.54, 1.807) is 15.9 Å². The molecule has 0 saturated heterocycles. The molecule has 0 spiro atoms. The van der Waals surface area contributed by atoms with Gasteiger partial charge in [-0.1, -0.05) is 66.8 Å². The van der Waals surface area contributed by atoms with Crippen molar-refractivity contribution in [3.63, 3.8) is 0 Å². The summed E-state index contributed by atoms with van der Waals surface area (Å²) in [5, 5.41) is 13.5. The quantitative estimate of drug-likeness (QED) is 0.213. The number of rotatable bonds is 3. The van der Waals surface area contributed by atoms with Crippen molar-refractivity contribution < 1.29 is 8.78 Å². The molecule has 5 aromatic rings. The number of fused-ring (bicyclic) bond motifs is 6. The maximum Gasteiger partial charge on any atom is 0.159 e. The lowest BCUT2D eigenvalue weighted by molar-refractivity contribution is 0.566. The van der Waals surface area contributed by atoms with Gasteiger partial charge in [0.2, 0.25) is 0 Å². The van der Waals surface area contributed by atoms with E-state index in [1.165, 1.54) is 15.8 Å². The lowest BCUT2D eigenvalue weighted by Gasteiger charge is -2.22. The first-order valence-corrected chi connectivity index (χ1v) is 15.3. The number of aromatic nitrogens is 1. The van der Waals surface area contributed by atoms with Crippen molar-refractivity contribution in [3.05, 3.63) is 118 Å². The summed E-state index contributed by atoms with van der Waals surface area (Å²) >= 11 is 1.77. The van der Waals surface area contributed by atoms with Crippen LogP contribution in [0.5, 0.6) is 0 Å². The van der Waals surface area contributed by atoms with Gasteiger partial charge in [-0.2, -0.15) is 5.26 Å². The topological polar surface area (TPSA) is 28.7 Å². The van der Waals surface area contributed by atoms with Crippen LogP contribution in [0.4, 0.5) is 8.78 Å². The Labute approximate surface area is 246 Å². The summed E-state index contributed by atoms with van der Waals surface area (Å²) in [5.41, 5.74) is 4.61. The van der Waals surface area contributed by atoms with E-state index < -0.39 is 11.6 Å². The average Bonchev–Trinajstić information content (AvgIpc) is 3.55. The molecular formula is C37H26F2N2S. The summed E-state index contributed by atoms with van der Waals surface area (Å²) in [7, 11) is 0. The summed E-state index contributed by atoms with van der Waals surface area (Å²) in [6.07, 6.45) is 20.7. The van der Waals surface area contributed by atoms with Crippen molar-refractivity contribution in [2.75, 3.05) is 0 Å². The van der Waals surface area contributed by atoms with Crippen molar-refractivity contribution >= 4 is 60.5 Å². The van der Waals surface area contributed by atoms with Gasteiger partial charge in [-0.15, -0.1) is 11.3 Å². The Kier molecular flexibility index (Phi) is 5.87. The van der Waals surface area contributed by atoms with Crippen LogP contribution in [0.3, 0.4) is 0 Å². The van der Waals surface area contributed by atoms with Crippen LogP contribution in [-0.2, 0) is 6.42 Å². The second-order valence-corrected chi connectivity index (χ2v) is 12.3. The highest BCUT2D eigenvalue weighted by Gasteiger charge is 2.31. The first kappa shape index (κ1) is 25.2. The molecule has 42 heavy (non-hydrogen) atoms. The van der Waals surface area contributed by atoms with Gasteiger partial charge < -0.3 is 4.57 Å². The molecule has 0 atom stereocenters. The van der Waals surface area contributed by atoms with Crippen LogP contribution in [0.25, 0.3) is 54.8 Å². The van der Waals surface area contributed by atoms with E-state index in [0.717, 1.165) is 63.3 Å². The predicted octanol–water partition coefficient (Wildman–Crippen LogP) is 10.6. The summed E-state index contributed by atoms with van der Waals surface area (Å²) in [4.78, 5) is 1.35. The summed E-state index contributed by atoms with van der Waals surface area (Å²) in [5.74, 6) is -1.37. The SMILES string of the molecule is N#Cc1c(C2=CC=CCC2)c(F)c(-n2c3ccccc3c3cc4c5c(sc4cc32)CCC=C5)c(F)c1C1=CC=CCC1. The molecule has 0 aliphatic heterocycles. The smallest absolute Gasteiger partial charge is 0.159 e. The summed E-state index contributed by atoms with van der Waals surface area (Å²) in [6, 6.07) is 14.4. The molecule has 0 bridgehead atoms. The molecule has 0 amide bonds. The second kappa shape index (κ2) is 9.79. The molecule has 3 aromatic carbocycles. The van der Waals surface area contributed by atoms with Gasteiger partial charge in [0, 0.05) is 36.9 Å². The number of hydrogen-bond donors (Lipinski definition) is 0. The van der Waals surface area contributed by atoms with Crippen molar-refractivity contribution in [2.45, 2.75) is 38.5 Å². The fourth-order valence-electron chi connectivity index (χ4n) is 6.86. The van der Waals surface area contributed by atoms with Crippen LogP contribution in [0, 0.1) is 23.0 Å². The number of thiophene rings is 1. The number of nitrogens with zero attached hydrogens (tertiary/aromatic N) is 2. The number of nitriles is 1. The number of aryl methyl sites for hydroxylation is 1. The van der Waals surface area contributed by atoms with Gasteiger partial charge in [0.15, 0.2) is 11.6 Å². The largest absolute Gasteiger partial charge is 0.304 e. The van der Waals surface area contributed by atoms with Crippen molar-refractivity contribution in [2.24, 2.45) is 0 Å². The number of hydrogen-bond acceptors (Lipinski definition) is 2. The van der Waals surface area contributed by atoms with E-state index in [2.05, 4.69) is 30.4 Å². The molecular weight excluding hydrogens is 542 g/mol. The zero-order chi connectivity index (χ0) is 28.4. The summed E-state index contributed by atoms with van der Waals surface area (Å²) in [6.45, 7) is 0. The molecule has 0 N–H and O–H groups in total. The minimum absolute atomic E-state index is 0.0812. The number of halogens is 2. The second-order valence-electron chi connectivity index (χ2n) is 11.1. The van der Waals surface area contributed by atoms with Crippen LogP contribution >= 0.6 is 11.3 Å². The van der Waals surface area contributed by atoms with Gasteiger partial charge >= 0.3 is 0 Å². The van der Waals surface area contributed by atoms with Crippen molar-refractivity contribution in [1.29, 1.82) is 5.26 Å². The molecule has 3 aliphatic carbocycles. The molecule has 0 unspecified atom stereocenters. The molecule has 0 radical (unpaired) electrons. The van der Waals surface area contributed by atoms with Crippen LogP contribution in [0.15, 0.2) is 78.9 Å². The van der Waals surface area contributed by atoms with Gasteiger partial charge in [-0.25, -0.2) is 8.78 Å². The highest BCUT2D eigenvalue weighted by Crippen LogP contribution is 2.45. The Morgan fingerprint density at radius 2 is 1.45 bits per heavy atom. The molecule has 0 saturated carbocycles. The molecule has 5 heteroatoms. The van der Waals surface area contributed by atoms with Crippen LogP contribution in [0.2, 0.25) is 0 Å². The Balaban J connectivity index is 1.53. The third kappa shape index (κ3) is 3.65. The van der Waals surface area contributed by atoms with Crippen molar-refractivity contribution in [3.8, 4) is 11.8 Å². The fraction of sp³-hybridized carbons (Fsp3) is 0.162. The molecule has 0 fully saturated rings. The molecule has 2 aromatic heterocycles. The Bertz CT molecular complexity index is 2120. The molecule has 204 valence electrons. The minimum Gasteiger partial charge on any atom is -0.304 e. The monoisotopic (exact) mass is 568 g/mol. The summed E-state index contributed by atoms with van der Waals surface area (Å²) < 4.78 is 37.1. The zero-order valence-corrected chi connectivity index (χ0v) is 23.7. The number of para-hydroxylation sites is 1. The minimum atomic E-state index is -0.683. The standard InChI is InChI=1S/C37H26F2N2S/c38-35-33(22-11-3-1-4-12-22)28(21-40)34(23-13-5-2-6-14-23)36(39)37(35)41-29-17-9-7-15-24(29)26-19-27-25-16-8-10-18-31(25)42-32(27)20-30(26)41/h1-3,5,7-9,11,13,15-17,19-20H,4,6,10,12,14,18H2. The third-order valence-corrected chi connectivity index (χ3v) is 10.0. The average molecular weight is 569 g/mol. The van der Waals surface area contributed by atoms with Gasteiger partial charge in [-0.05, 0) is 73.4 Å². The van der Waals surface area contributed by atoms with E-state index in [9.17, 15) is 5.26 Å². The fourth-order valence-corrected chi connectivity index (χ4v) is 8.09. The highest BCUT2D eigenvalue weighted by molar-refractivity contribution is 7.19. The van der Waals surface area contributed by atoms with E-state index in [1.807, 2.05) is 60.7 Å². The molecule has 2 nitrogen and oxygen atoms in total. The van der Waals surface area contributed by atoms with Gasteiger partial charge in [0.25, 0.3) is 0 Å². The van der Waals surface area contributed by atoms with E-state index in [-0.39, 0.29) is 22.4 Å². The molecule has 2 heterocycles. The van der Waals surface area contributed by atoms with Gasteiger partial charge in [-0.3, -0.25) is 0 Å². The zero-order valence-electron chi connectivity index (χ0n) is 22.9. The van der Waals surface area contributed by atoms with E-state index >= 15 is 8.78 Å². The molecule has 8 rings (SSSR count). The number of allylic oxidation sites excluding steroid dienone is 9. The highest BCUT2D eigenvalue weighted by atomic mass is 32.1. The first-order chi connectivity index (χ1) is 20.7. The van der Waals surface area contributed by atoms with Crippen LogP contribution in [-0.4, -0.2) is 4.57 Å². The van der Waals surface area contributed by atoms with Gasteiger partial charge in [0.1, 0.15) is 11.8 Å². The van der Waals surface area contributed by atoms with E-state index in [0.29, 0.717) is 12.8 Å². The van der Waals surface area contributed by atoms with E-state index in [4.69, 9.17) is 0 Å². The van der Waals surface area contributed by atoms with Crippen LogP contribution < -0.4 is 0 Å². The number of benzene rings is 3. The Hall–Kier alpha value is -4.53. The maximum absolute atomic E-state index is 17.1. The predicted molar refractivity (Wildman–Crippen MR) is 171 cm³/mol. The van der Waals surface area contributed by atoms with Crippen LogP contribution in [0.1, 0.15) is 59.2 Å². The van der Waals surface area contributed by atoms with Gasteiger partial charge in [0.05, 0.1) is 16.6 Å². The Morgan fingerprint density at radius 1 is 0.762 bits per heavy atom.